The predicted molar refractivity (Wildman–Crippen MR) is 98.9 cm³/mol. The Labute approximate surface area is 154 Å². The van der Waals surface area contributed by atoms with E-state index in [1.165, 1.54) is 38.1 Å². The van der Waals surface area contributed by atoms with Crippen LogP contribution in [0.2, 0.25) is 0 Å². The summed E-state index contributed by atoms with van der Waals surface area (Å²) in [4.78, 5) is 23.4. The molecule has 8 nitrogen and oxygen atoms in total. The minimum Gasteiger partial charge on any atom is -0.348 e. The Bertz CT molecular complexity index is 774. The maximum absolute atomic E-state index is 12.5. The molecule has 2 rings (SSSR count). The van der Waals surface area contributed by atoms with E-state index < -0.39 is 27.5 Å². The molecule has 9 heteroatoms. The number of anilines is 1. The summed E-state index contributed by atoms with van der Waals surface area (Å²) in [7, 11) is -3.87. The normalized spacial score (nSPS) is 17.8. The fourth-order valence-corrected chi connectivity index (χ4v) is 3.91. The van der Waals surface area contributed by atoms with E-state index in [0.29, 0.717) is 18.2 Å². The summed E-state index contributed by atoms with van der Waals surface area (Å²) in [5.74, 6) is -0.326. The fourth-order valence-electron chi connectivity index (χ4n) is 2.70. The van der Waals surface area contributed by atoms with Gasteiger partial charge in [-0.05, 0) is 56.9 Å². The van der Waals surface area contributed by atoms with Crippen LogP contribution in [0.1, 0.15) is 33.6 Å². The number of hydrogen-bond acceptors (Lipinski definition) is 5. The van der Waals surface area contributed by atoms with Crippen molar-refractivity contribution in [2.24, 2.45) is 11.7 Å². The van der Waals surface area contributed by atoms with Crippen LogP contribution in [0, 0.1) is 5.92 Å². The van der Waals surface area contributed by atoms with E-state index in [-0.39, 0.29) is 10.8 Å². The summed E-state index contributed by atoms with van der Waals surface area (Å²) in [5, 5.41) is 5.43. The number of nitrogens with one attached hydrogen (secondary N) is 3. The third-order valence-corrected chi connectivity index (χ3v) is 6.08. The molecule has 1 aliphatic carbocycles. The Hall–Kier alpha value is -1.97. The Kier molecular flexibility index (Phi) is 6.05. The van der Waals surface area contributed by atoms with Gasteiger partial charge in [0.1, 0.15) is 0 Å². The van der Waals surface area contributed by atoms with Crippen LogP contribution in [0.4, 0.5) is 5.69 Å². The van der Waals surface area contributed by atoms with Crippen molar-refractivity contribution in [2.75, 3.05) is 11.9 Å². The van der Waals surface area contributed by atoms with Crippen molar-refractivity contribution in [3.8, 4) is 0 Å². The molecule has 0 aliphatic heterocycles. The van der Waals surface area contributed by atoms with Crippen LogP contribution in [0.25, 0.3) is 0 Å². The van der Waals surface area contributed by atoms with Crippen molar-refractivity contribution >= 4 is 27.5 Å². The predicted octanol–water partition coefficient (Wildman–Crippen LogP) is 0.555. The van der Waals surface area contributed by atoms with Gasteiger partial charge in [0.25, 0.3) is 0 Å². The van der Waals surface area contributed by atoms with Crippen molar-refractivity contribution in [2.45, 2.75) is 50.1 Å². The quantitative estimate of drug-likeness (QED) is 0.522. The average Bonchev–Trinajstić information content (AvgIpc) is 3.39. The van der Waals surface area contributed by atoms with Crippen molar-refractivity contribution < 1.29 is 18.0 Å². The van der Waals surface area contributed by atoms with Crippen molar-refractivity contribution in [3.05, 3.63) is 24.3 Å². The van der Waals surface area contributed by atoms with Crippen LogP contribution in [0.15, 0.2) is 29.2 Å². The number of hydrogen-bond donors (Lipinski definition) is 4. The van der Waals surface area contributed by atoms with Gasteiger partial charge in [-0.3, -0.25) is 9.59 Å². The number of amides is 2. The van der Waals surface area contributed by atoms with Gasteiger partial charge in [-0.25, -0.2) is 8.42 Å². The lowest BCUT2D eigenvalue weighted by molar-refractivity contribution is -0.124. The lowest BCUT2D eigenvalue weighted by Gasteiger charge is -2.31. The largest absolute Gasteiger partial charge is 0.348 e. The minimum atomic E-state index is -3.87. The van der Waals surface area contributed by atoms with Gasteiger partial charge >= 0.3 is 0 Å². The molecule has 0 heterocycles. The van der Waals surface area contributed by atoms with Gasteiger partial charge in [-0.15, -0.1) is 0 Å². The van der Waals surface area contributed by atoms with E-state index in [1.54, 1.807) is 0 Å². The van der Waals surface area contributed by atoms with Crippen LogP contribution in [0.5, 0.6) is 0 Å². The molecule has 0 spiro atoms. The smallest absolute Gasteiger partial charge is 0.241 e. The summed E-state index contributed by atoms with van der Waals surface area (Å²) in [6, 6.07) is 4.76. The van der Waals surface area contributed by atoms with Crippen LogP contribution >= 0.6 is 0 Å². The van der Waals surface area contributed by atoms with E-state index in [1.807, 2.05) is 6.92 Å². The van der Waals surface area contributed by atoms with Crippen molar-refractivity contribution in [1.82, 2.24) is 10.0 Å². The van der Waals surface area contributed by atoms with E-state index in [2.05, 4.69) is 15.4 Å². The molecule has 5 N–H and O–H groups in total. The zero-order chi connectivity index (χ0) is 19.5. The van der Waals surface area contributed by atoms with Crippen LogP contribution in [0.3, 0.4) is 0 Å². The summed E-state index contributed by atoms with van der Waals surface area (Å²) in [5.41, 5.74) is 5.75. The molecule has 0 saturated heterocycles. The van der Waals surface area contributed by atoms with E-state index in [0.717, 1.165) is 12.8 Å². The van der Waals surface area contributed by atoms with Crippen LogP contribution in [-0.2, 0) is 19.6 Å². The van der Waals surface area contributed by atoms with Gasteiger partial charge in [0, 0.05) is 19.2 Å². The molecule has 144 valence electrons. The van der Waals surface area contributed by atoms with Gasteiger partial charge in [0.15, 0.2) is 0 Å². The second-order valence-electron chi connectivity index (χ2n) is 6.93. The lowest BCUT2D eigenvalue weighted by Crippen LogP contribution is -2.57. The third-order valence-electron chi connectivity index (χ3n) is 4.52. The first-order valence-electron chi connectivity index (χ1n) is 8.49. The first-order chi connectivity index (χ1) is 12.1. The number of carbonyl (C=O) groups is 2. The molecule has 0 bridgehead atoms. The molecule has 26 heavy (non-hydrogen) atoms. The Balaban J connectivity index is 2.03. The summed E-state index contributed by atoms with van der Waals surface area (Å²) in [6.07, 6.45) is 2.02. The third kappa shape index (κ3) is 5.03. The molecule has 1 aromatic carbocycles. The second kappa shape index (κ2) is 7.73. The molecular weight excluding hydrogens is 356 g/mol. The Morgan fingerprint density at radius 2 is 1.85 bits per heavy atom. The standard InChI is InChI=1S/C17H26N4O4S/c1-11(16(23)20-17(3,10-18)13-4-5-13)21-26(24,25)15-8-6-14(7-9-15)19-12(2)22/h6-9,11,13,21H,4-5,10,18H2,1-3H3,(H,19,22)(H,20,23). The van der Waals surface area contributed by atoms with Gasteiger partial charge in [-0.1, -0.05) is 0 Å². The molecule has 0 radical (unpaired) electrons. The van der Waals surface area contributed by atoms with E-state index in [4.69, 9.17) is 5.73 Å². The lowest BCUT2D eigenvalue weighted by atomic mass is 9.95. The first kappa shape index (κ1) is 20.3. The number of carbonyl (C=O) groups excluding carboxylic acids is 2. The monoisotopic (exact) mass is 382 g/mol. The van der Waals surface area contributed by atoms with Crippen molar-refractivity contribution in [3.63, 3.8) is 0 Å². The molecule has 0 aromatic heterocycles. The number of benzene rings is 1. The highest BCUT2D eigenvalue weighted by Crippen LogP contribution is 2.39. The molecule has 2 unspecified atom stereocenters. The minimum absolute atomic E-state index is 0.00929. The molecular formula is C17H26N4O4S. The highest BCUT2D eigenvalue weighted by molar-refractivity contribution is 7.89. The Morgan fingerprint density at radius 1 is 1.27 bits per heavy atom. The van der Waals surface area contributed by atoms with Crippen LogP contribution in [-0.4, -0.2) is 38.4 Å². The molecule has 2 atom stereocenters. The Morgan fingerprint density at radius 3 is 2.31 bits per heavy atom. The zero-order valence-corrected chi connectivity index (χ0v) is 16.0. The van der Waals surface area contributed by atoms with Gasteiger partial charge in [0.2, 0.25) is 21.8 Å². The average molecular weight is 382 g/mol. The molecule has 1 saturated carbocycles. The van der Waals surface area contributed by atoms with Gasteiger partial charge in [-0.2, -0.15) is 4.72 Å². The first-order valence-corrected chi connectivity index (χ1v) is 9.98. The van der Waals surface area contributed by atoms with E-state index >= 15 is 0 Å². The topological polar surface area (TPSA) is 130 Å². The van der Waals surface area contributed by atoms with Crippen LogP contribution < -0.4 is 21.1 Å². The van der Waals surface area contributed by atoms with Gasteiger partial charge < -0.3 is 16.4 Å². The summed E-state index contributed by atoms with van der Waals surface area (Å²) in [6.45, 7) is 5.03. The van der Waals surface area contributed by atoms with Crippen molar-refractivity contribution in [1.29, 1.82) is 0 Å². The summed E-state index contributed by atoms with van der Waals surface area (Å²) < 4.78 is 27.3. The highest BCUT2D eigenvalue weighted by atomic mass is 32.2. The molecule has 2 amide bonds. The van der Waals surface area contributed by atoms with E-state index in [9.17, 15) is 18.0 Å². The number of rotatable bonds is 8. The number of sulfonamides is 1. The zero-order valence-electron chi connectivity index (χ0n) is 15.2. The fraction of sp³-hybridized carbons (Fsp3) is 0.529. The molecule has 1 fully saturated rings. The molecule has 1 aromatic rings. The molecule has 1 aliphatic rings. The second-order valence-corrected chi connectivity index (χ2v) is 8.65. The highest BCUT2D eigenvalue weighted by Gasteiger charge is 2.42. The number of nitrogens with two attached hydrogens (primary N) is 1. The maximum atomic E-state index is 12.5. The SMILES string of the molecule is CC(=O)Nc1ccc(S(=O)(=O)NC(C)C(=O)NC(C)(CN)C2CC2)cc1. The maximum Gasteiger partial charge on any atom is 0.241 e. The van der Waals surface area contributed by atoms with Gasteiger partial charge in [0.05, 0.1) is 16.5 Å². The summed E-state index contributed by atoms with van der Waals surface area (Å²) >= 11 is 0.